The highest BCUT2D eigenvalue weighted by atomic mass is 32.2. The van der Waals surface area contributed by atoms with Crippen molar-refractivity contribution in [3.63, 3.8) is 0 Å². The van der Waals surface area contributed by atoms with E-state index in [4.69, 9.17) is 0 Å². The lowest BCUT2D eigenvalue weighted by Crippen LogP contribution is -2.44. The van der Waals surface area contributed by atoms with Crippen LogP contribution >= 0.6 is 0 Å². The van der Waals surface area contributed by atoms with E-state index >= 15 is 0 Å². The average molecular weight is 337 g/mol. The van der Waals surface area contributed by atoms with Gasteiger partial charge in [0.05, 0.1) is 23.6 Å². The number of sulfonamides is 1. The van der Waals surface area contributed by atoms with Gasteiger partial charge in [-0.15, -0.1) is 0 Å². The van der Waals surface area contributed by atoms with Gasteiger partial charge in [0, 0.05) is 18.2 Å². The number of nitrogens with zero attached hydrogens (tertiary/aromatic N) is 3. The molecule has 1 spiro atoms. The van der Waals surface area contributed by atoms with Gasteiger partial charge in [0.1, 0.15) is 0 Å². The summed E-state index contributed by atoms with van der Waals surface area (Å²) in [6, 6.07) is -0.182. The summed E-state index contributed by atoms with van der Waals surface area (Å²) in [7, 11) is -3.56. The highest BCUT2D eigenvalue weighted by molar-refractivity contribution is 7.90. The number of carbonyl (C=O) groups excluding carboxylic acids is 1. The van der Waals surface area contributed by atoms with E-state index in [1.54, 1.807) is 10.9 Å². The maximum atomic E-state index is 12.9. The number of carbonyl (C=O) groups is 1. The van der Waals surface area contributed by atoms with Crippen molar-refractivity contribution in [2.45, 2.75) is 52.6 Å². The number of rotatable bonds is 2. The Kier molecular flexibility index (Phi) is 2.89. The van der Waals surface area contributed by atoms with Crippen molar-refractivity contribution in [2.75, 3.05) is 5.75 Å². The van der Waals surface area contributed by atoms with Gasteiger partial charge in [-0.2, -0.15) is 5.10 Å². The molecule has 2 aliphatic carbocycles. The minimum atomic E-state index is -3.56. The van der Waals surface area contributed by atoms with Crippen LogP contribution in [-0.2, 0) is 16.6 Å². The van der Waals surface area contributed by atoms with Crippen LogP contribution in [0.2, 0.25) is 0 Å². The van der Waals surface area contributed by atoms with Crippen LogP contribution in [0, 0.1) is 16.7 Å². The van der Waals surface area contributed by atoms with Gasteiger partial charge in [-0.3, -0.25) is 9.48 Å². The zero-order valence-electron chi connectivity index (χ0n) is 13.8. The number of fused-ring (bicyclic) bond motifs is 1. The number of aromatic nitrogens is 2. The highest BCUT2D eigenvalue weighted by Gasteiger charge is 2.72. The van der Waals surface area contributed by atoms with Crippen LogP contribution in [0.3, 0.4) is 0 Å². The Morgan fingerprint density at radius 1 is 1.43 bits per heavy atom. The molecule has 3 aliphatic rings. The van der Waals surface area contributed by atoms with Gasteiger partial charge in [0.2, 0.25) is 10.0 Å². The lowest BCUT2D eigenvalue weighted by atomic mass is 9.69. The molecule has 1 aliphatic heterocycles. The summed E-state index contributed by atoms with van der Waals surface area (Å²) in [5.74, 6) is 0.216. The fourth-order valence-corrected chi connectivity index (χ4v) is 7.86. The molecule has 0 unspecified atom stereocenters. The zero-order valence-corrected chi connectivity index (χ0v) is 14.6. The first-order valence-corrected chi connectivity index (χ1v) is 9.93. The van der Waals surface area contributed by atoms with Gasteiger partial charge in [-0.25, -0.2) is 12.7 Å². The molecule has 1 amide bonds. The molecule has 0 N–H and O–H groups in total. The summed E-state index contributed by atoms with van der Waals surface area (Å²) in [5, 5.41) is 4.11. The quantitative estimate of drug-likeness (QED) is 0.826. The average Bonchev–Trinajstić information content (AvgIpc) is 3.14. The molecule has 23 heavy (non-hydrogen) atoms. The standard InChI is InChI=1S/C16H23N3O3S/c1-4-18-9-11(8-17-18)14(20)19-13-7-12-5-6-16(13,15(12,2)3)10-23(19,21)22/h8-9,12-13H,4-7,10H2,1-3H3/t12-,13-,16-/m1/s1. The van der Waals surface area contributed by atoms with E-state index < -0.39 is 15.9 Å². The van der Waals surface area contributed by atoms with Crippen molar-refractivity contribution in [3.05, 3.63) is 18.0 Å². The van der Waals surface area contributed by atoms with Crippen molar-refractivity contribution in [3.8, 4) is 0 Å². The van der Waals surface area contributed by atoms with Gasteiger partial charge in [-0.05, 0) is 37.5 Å². The Morgan fingerprint density at radius 2 is 2.17 bits per heavy atom. The molecule has 2 heterocycles. The lowest BCUT2D eigenvalue weighted by Gasteiger charge is -2.37. The molecule has 0 radical (unpaired) electrons. The molecule has 3 atom stereocenters. The molecule has 6 nitrogen and oxygen atoms in total. The largest absolute Gasteiger partial charge is 0.272 e. The maximum absolute atomic E-state index is 12.9. The molecule has 3 fully saturated rings. The van der Waals surface area contributed by atoms with Gasteiger partial charge >= 0.3 is 0 Å². The van der Waals surface area contributed by atoms with E-state index in [1.807, 2.05) is 6.92 Å². The number of hydrogen-bond acceptors (Lipinski definition) is 4. The monoisotopic (exact) mass is 337 g/mol. The van der Waals surface area contributed by atoms with Crippen LogP contribution in [0.25, 0.3) is 0 Å². The smallest absolute Gasteiger partial charge is 0.270 e. The summed E-state index contributed by atoms with van der Waals surface area (Å²) in [4.78, 5) is 12.9. The van der Waals surface area contributed by atoms with Crippen LogP contribution in [-0.4, -0.2) is 40.2 Å². The number of hydrogen-bond donors (Lipinski definition) is 0. The van der Waals surface area contributed by atoms with Gasteiger partial charge < -0.3 is 0 Å². The Morgan fingerprint density at radius 3 is 2.78 bits per heavy atom. The van der Waals surface area contributed by atoms with Gasteiger partial charge in [0.15, 0.2) is 0 Å². The SMILES string of the molecule is CCn1cc(C(=O)N2[C@@H]3C[C@H]4CC[C@]3(CS2(=O)=O)C4(C)C)cn1. The molecule has 0 aromatic carbocycles. The van der Waals surface area contributed by atoms with Crippen LogP contribution in [0.15, 0.2) is 12.4 Å². The molecule has 2 saturated carbocycles. The minimum Gasteiger partial charge on any atom is -0.272 e. The summed E-state index contributed by atoms with van der Waals surface area (Å²) >= 11 is 0. The summed E-state index contributed by atoms with van der Waals surface area (Å²) < 4.78 is 28.5. The predicted molar refractivity (Wildman–Crippen MR) is 85.2 cm³/mol. The predicted octanol–water partition coefficient (Wildman–Crippen LogP) is 1.88. The first-order valence-electron chi connectivity index (χ1n) is 8.32. The second-order valence-electron chi connectivity index (χ2n) is 7.81. The molecule has 2 bridgehead atoms. The Bertz CT molecular complexity index is 782. The first-order chi connectivity index (χ1) is 10.7. The van der Waals surface area contributed by atoms with Crippen molar-refractivity contribution >= 4 is 15.9 Å². The van der Waals surface area contributed by atoms with E-state index in [0.717, 1.165) is 19.3 Å². The van der Waals surface area contributed by atoms with E-state index in [2.05, 4.69) is 18.9 Å². The maximum Gasteiger partial charge on any atom is 0.270 e. The molecular weight excluding hydrogens is 314 g/mol. The van der Waals surface area contributed by atoms with Gasteiger partial charge in [0.25, 0.3) is 5.91 Å². The van der Waals surface area contributed by atoms with E-state index in [-0.39, 0.29) is 22.6 Å². The molecule has 7 heteroatoms. The van der Waals surface area contributed by atoms with Crippen LogP contribution < -0.4 is 0 Å². The third-order valence-corrected chi connectivity index (χ3v) is 8.72. The third-order valence-electron chi connectivity index (χ3n) is 6.82. The molecular formula is C16H23N3O3S. The van der Waals surface area contributed by atoms with E-state index in [0.29, 0.717) is 18.0 Å². The van der Waals surface area contributed by atoms with Gasteiger partial charge in [-0.1, -0.05) is 13.8 Å². The van der Waals surface area contributed by atoms with Crippen LogP contribution in [0.5, 0.6) is 0 Å². The molecule has 126 valence electrons. The van der Waals surface area contributed by atoms with Crippen LogP contribution in [0.4, 0.5) is 0 Å². The summed E-state index contributed by atoms with van der Waals surface area (Å²) in [6.45, 7) is 6.95. The van der Waals surface area contributed by atoms with E-state index in [1.165, 1.54) is 10.5 Å². The Hall–Kier alpha value is -1.37. The normalized spacial score (nSPS) is 36.4. The highest BCUT2D eigenvalue weighted by Crippen LogP contribution is 2.70. The fourth-order valence-electron chi connectivity index (χ4n) is 5.33. The second-order valence-corrected chi connectivity index (χ2v) is 9.65. The lowest BCUT2D eigenvalue weighted by molar-refractivity contribution is 0.0701. The van der Waals surface area contributed by atoms with Crippen molar-refractivity contribution in [2.24, 2.45) is 16.7 Å². The third kappa shape index (κ3) is 1.71. The topological polar surface area (TPSA) is 72.3 Å². The summed E-state index contributed by atoms with van der Waals surface area (Å²) in [5.41, 5.74) is 0.0772. The van der Waals surface area contributed by atoms with Crippen molar-refractivity contribution in [1.29, 1.82) is 0 Å². The molecule has 1 saturated heterocycles. The van der Waals surface area contributed by atoms with E-state index in [9.17, 15) is 13.2 Å². The Balaban J connectivity index is 1.76. The van der Waals surface area contributed by atoms with Crippen molar-refractivity contribution in [1.82, 2.24) is 14.1 Å². The fraction of sp³-hybridized carbons (Fsp3) is 0.750. The first kappa shape index (κ1) is 15.2. The van der Waals surface area contributed by atoms with Crippen LogP contribution in [0.1, 0.15) is 50.4 Å². The molecule has 4 rings (SSSR count). The van der Waals surface area contributed by atoms with Crippen molar-refractivity contribution < 1.29 is 13.2 Å². The molecule has 1 aromatic heterocycles. The number of aryl methyl sites for hydroxylation is 1. The second kappa shape index (κ2) is 4.37. The summed E-state index contributed by atoms with van der Waals surface area (Å²) in [6.07, 6.45) is 5.91. The zero-order chi connectivity index (χ0) is 16.6. The number of amides is 1. The molecule has 1 aromatic rings. The Labute approximate surface area is 136 Å². The minimum absolute atomic E-state index is 0.0205.